The van der Waals surface area contributed by atoms with Gasteiger partial charge in [0.05, 0.1) is 17.3 Å². The van der Waals surface area contributed by atoms with Crippen LogP contribution in [0.2, 0.25) is 0 Å². The first kappa shape index (κ1) is 26.2. The minimum Gasteiger partial charge on any atom is -0.336 e. The van der Waals surface area contributed by atoms with E-state index in [1.807, 2.05) is 31.2 Å². The topological polar surface area (TPSA) is 30.3 Å². The predicted molar refractivity (Wildman–Crippen MR) is 172 cm³/mol. The summed E-state index contributed by atoms with van der Waals surface area (Å²) in [7, 11) is 0. The van der Waals surface area contributed by atoms with Gasteiger partial charge in [-0.1, -0.05) is 75.2 Å². The summed E-state index contributed by atoms with van der Waals surface area (Å²) in [5.74, 6) is 3.00. The van der Waals surface area contributed by atoms with E-state index in [0.29, 0.717) is 5.56 Å². The van der Waals surface area contributed by atoms with Crippen LogP contribution in [0.25, 0.3) is 16.7 Å². The molecule has 0 amide bonds. The molecule has 3 heteroatoms. The molecule has 41 heavy (non-hydrogen) atoms. The Morgan fingerprint density at radius 1 is 0.854 bits per heavy atom. The quantitative estimate of drug-likeness (QED) is 0.247. The molecule has 0 N–H and O–H groups in total. The second-order valence-corrected chi connectivity index (χ2v) is 11.7. The minimum absolute atomic E-state index is 0.0583. The second-order valence-electron chi connectivity index (χ2n) is 11.7. The SMILES string of the molecule is C#CC1C=C(/C=C\C)c2cc(C#N)ccc2N1c1cccc(N2Cc3ccccc3-c3cc(C(C)(C)C)ccc32)c1. The Morgan fingerprint density at radius 3 is 2.39 bits per heavy atom. The van der Waals surface area contributed by atoms with Crippen LogP contribution in [0.3, 0.4) is 0 Å². The number of hydrogen-bond acceptors (Lipinski definition) is 3. The Morgan fingerprint density at radius 2 is 1.63 bits per heavy atom. The summed E-state index contributed by atoms with van der Waals surface area (Å²) in [6.45, 7) is 9.57. The van der Waals surface area contributed by atoms with Gasteiger partial charge in [-0.05, 0) is 89.2 Å². The van der Waals surface area contributed by atoms with Crippen molar-refractivity contribution in [1.82, 2.24) is 0 Å². The number of nitriles is 1. The first-order valence-corrected chi connectivity index (χ1v) is 14.1. The molecule has 1 atom stereocenters. The maximum absolute atomic E-state index is 9.59. The average Bonchev–Trinajstić information content (AvgIpc) is 2.99. The van der Waals surface area contributed by atoms with Crippen molar-refractivity contribution in [3.8, 4) is 29.5 Å². The van der Waals surface area contributed by atoms with Gasteiger partial charge < -0.3 is 9.80 Å². The lowest BCUT2D eigenvalue weighted by molar-refractivity contribution is 0.590. The Bertz CT molecular complexity index is 1800. The van der Waals surface area contributed by atoms with E-state index in [9.17, 15) is 5.26 Å². The van der Waals surface area contributed by atoms with E-state index in [1.165, 1.54) is 27.9 Å². The van der Waals surface area contributed by atoms with Crippen LogP contribution < -0.4 is 9.80 Å². The minimum atomic E-state index is -0.263. The van der Waals surface area contributed by atoms with Crippen molar-refractivity contribution >= 4 is 28.3 Å². The molecule has 0 bridgehead atoms. The van der Waals surface area contributed by atoms with Crippen molar-refractivity contribution < 1.29 is 0 Å². The van der Waals surface area contributed by atoms with Crippen molar-refractivity contribution in [1.29, 1.82) is 5.26 Å². The highest BCUT2D eigenvalue weighted by Gasteiger charge is 2.29. The van der Waals surface area contributed by atoms with Gasteiger partial charge in [0, 0.05) is 34.7 Å². The third-order valence-electron chi connectivity index (χ3n) is 8.04. The zero-order valence-electron chi connectivity index (χ0n) is 24.0. The van der Waals surface area contributed by atoms with Gasteiger partial charge in [0.2, 0.25) is 0 Å². The van der Waals surface area contributed by atoms with E-state index in [-0.39, 0.29) is 11.5 Å². The first-order chi connectivity index (χ1) is 19.8. The van der Waals surface area contributed by atoms with Gasteiger partial charge in [-0.2, -0.15) is 5.26 Å². The smallest absolute Gasteiger partial charge is 0.114 e. The van der Waals surface area contributed by atoms with Gasteiger partial charge in [0.25, 0.3) is 0 Å². The first-order valence-electron chi connectivity index (χ1n) is 14.1. The van der Waals surface area contributed by atoms with Crippen LogP contribution in [0.4, 0.5) is 22.7 Å². The third kappa shape index (κ3) is 4.61. The van der Waals surface area contributed by atoms with Gasteiger partial charge in [0.15, 0.2) is 0 Å². The molecule has 2 aliphatic rings. The maximum Gasteiger partial charge on any atom is 0.114 e. The third-order valence-corrected chi connectivity index (χ3v) is 8.04. The fourth-order valence-corrected chi connectivity index (χ4v) is 5.95. The summed E-state index contributed by atoms with van der Waals surface area (Å²) in [5, 5.41) is 9.59. The summed E-state index contributed by atoms with van der Waals surface area (Å²) in [6, 6.07) is 32.1. The predicted octanol–water partition coefficient (Wildman–Crippen LogP) is 9.29. The summed E-state index contributed by atoms with van der Waals surface area (Å²) in [5.41, 5.74) is 12.2. The number of terminal acetylenes is 1. The number of anilines is 4. The molecule has 2 heterocycles. The molecule has 0 fully saturated rings. The molecule has 6 rings (SSSR count). The number of benzene rings is 4. The highest BCUT2D eigenvalue weighted by molar-refractivity contribution is 5.92. The highest BCUT2D eigenvalue weighted by Crippen LogP contribution is 2.46. The van der Waals surface area contributed by atoms with Crippen LogP contribution in [0.5, 0.6) is 0 Å². The zero-order valence-corrected chi connectivity index (χ0v) is 24.0. The van der Waals surface area contributed by atoms with Crippen LogP contribution >= 0.6 is 0 Å². The number of hydrogen-bond donors (Lipinski definition) is 0. The maximum atomic E-state index is 9.59. The lowest BCUT2D eigenvalue weighted by atomic mass is 9.83. The largest absolute Gasteiger partial charge is 0.336 e. The summed E-state index contributed by atoms with van der Waals surface area (Å²) >= 11 is 0. The molecule has 0 aliphatic carbocycles. The number of rotatable bonds is 3. The molecule has 0 aromatic heterocycles. The number of nitrogens with zero attached hydrogens (tertiary/aromatic N) is 3. The monoisotopic (exact) mass is 531 g/mol. The summed E-state index contributed by atoms with van der Waals surface area (Å²) in [6.07, 6.45) is 12.3. The fraction of sp³-hybridized carbons (Fsp3) is 0.184. The molecule has 0 saturated heterocycles. The zero-order chi connectivity index (χ0) is 28.7. The molecule has 0 spiro atoms. The molecule has 4 aromatic carbocycles. The Kier molecular flexibility index (Phi) is 6.53. The molecule has 0 radical (unpaired) electrons. The Labute approximate surface area is 243 Å². The molecule has 4 aromatic rings. The van der Waals surface area contributed by atoms with Gasteiger partial charge >= 0.3 is 0 Å². The van der Waals surface area contributed by atoms with Crippen LogP contribution in [0, 0.1) is 23.7 Å². The number of fused-ring (bicyclic) bond motifs is 4. The summed E-state index contributed by atoms with van der Waals surface area (Å²) < 4.78 is 0. The lowest BCUT2D eigenvalue weighted by Crippen LogP contribution is -2.32. The van der Waals surface area contributed by atoms with E-state index >= 15 is 0 Å². The van der Waals surface area contributed by atoms with E-state index in [1.54, 1.807) is 0 Å². The molecule has 200 valence electrons. The van der Waals surface area contributed by atoms with Crippen molar-refractivity contribution in [3.05, 3.63) is 125 Å². The molecule has 0 saturated carbocycles. The molecule has 3 nitrogen and oxygen atoms in total. The van der Waals surface area contributed by atoms with Crippen molar-refractivity contribution in [2.24, 2.45) is 0 Å². The van der Waals surface area contributed by atoms with Crippen LogP contribution in [0.1, 0.15) is 49.9 Å². The van der Waals surface area contributed by atoms with E-state index in [2.05, 4.69) is 121 Å². The fourth-order valence-electron chi connectivity index (χ4n) is 5.95. The van der Waals surface area contributed by atoms with E-state index in [4.69, 9.17) is 6.42 Å². The Balaban J connectivity index is 1.48. The normalized spacial score (nSPS) is 15.9. The molecular formula is C38H33N3. The van der Waals surface area contributed by atoms with Crippen molar-refractivity contribution in [2.75, 3.05) is 9.80 Å². The van der Waals surface area contributed by atoms with Crippen molar-refractivity contribution in [2.45, 2.75) is 45.7 Å². The molecular weight excluding hydrogens is 498 g/mol. The molecule has 1 unspecified atom stereocenters. The second kappa shape index (κ2) is 10.2. The van der Waals surface area contributed by atoms with Crippen LogP contribution in [0.15, 0.2) is 103 Å². The Hall–Kier alpha value is -4.99. The number of allylic oxidation sites excluding steroid dienone is 3. The highest BCUT2D eigenvalue weighted by atomic mass is 15.2. The van der Waals surface area contributed by atoms with Crippen LogP contribution in [-0.4, -0.2) is 6.04 Å². The molecule has 2 aliphatic heterocycles. The van der Waals surface area contributed by atoms with Gasteiger partial charge in [-0.3, -0.25) is 0 Å². The summed E-state index contributed by atoms with van der Waals surface area (Å²) in [4.78, 5) is 4.61. The standard InChI is InChI=1S/C38H33N3/c1-6-11-27-21-30(7-2)41(37-18-16-26(24-39)20-34(27)37)32-14-10-13-31(23-32)40-25-28-12-8-9-15-33(28)35-22-29(38(3,4)5)17-19-36(35)40/h2,6,8-23,30H,25H2,1,3-5H3/b11-6-. The van der Waals surface area contributed by atoms with Gasteiger partial charge in [-0.25, -0.2) is 0 Å². The van der Waals surface area contributed by atoms with Gasteiger partial charge in [0.1, 0.15) is 6.04 Å². The van der Waals surface area contributed by atoms with Crippen LogP contribution in [-0.2, 0) is 12.0 Å². The van der Waals surface area contributed by atoms with E-state index < -0.39 is 0 Å². The van der Waals surface area contributed by atoms with E-state index in [0.717, 1.165) is 34.7 Å². The van der Waals surface area contributed by atoms with Crippen molar-refractivity contribution in [3.63, 3.8) is 0 Å². The average molecular weight is 532 g/mol. The lowest BCUT2D eigenvalue weighted by Gasteiger charge is -2.37. The van der Waals surface area contributed by atoms with Gasteiger partial charge in [-0.15, -0.1) is 6.42 Å².